The van der Waals surface area contributed by atoms with Crippen molar-refractivity contribution in [2.45, 2.75) is 31.7 Å². The van der Waals surface area contributed by atoms with E-state index in [1.807, 2.05) is 51.3 Å². The van der Waals surface area contributed by atoms with Gasteiger partial charge in [0.2, 0.25) is 5.91 Å². The molecule has 0 aromatic heterocycles. The van der Waals surface area contributed by atoms with Gasteiger partial charge in [-0.1, -0.05) is 20.8 Å². The first-order chi connectivity index (χ1) is 7.84. The van der Waals surface area contributed by atoms with Crippen LogP contribution in [0.4, 0.5) is 5.69 Å². The van der Waals surface area contributed by atoms with E-state index in [4.69, 9.17) is 5.73 Å². The van der Waals surface area contributed by atoms with E-state index in [0.29, 0.717) is 0 Å². The zero-order valence-electron chi connectivity index (χ0n) is 10.8. The second-order valence-electron chi connectivity index (χ2n) is 5.06. The summed E-state index contributed by atoms with van der Waals surface area (Å²) in [5.41, 5.74) is 6.43. The second-order valence-corrected chi connectivity index (χ2v) is 5.94. The van der Waals surface area contributed by atoms with Gasteiger partial charge in [-0.25, -0.2) is 0 Å². The molecular weight excluding hydrogens is 232 g/mol. The summed E-state index contributed by atoms with van der Waals surface area (Å²) in [6.45, 7) is 5.86. The number of nitrogens with one attached hydrogen (secondary N) is 1. The lowest BCUT2D eigenvalue weighted by molar-refractivity contribution is -0.119. The molecule has 4 heteroatoms. The fourth-order valence-electron chi connectivity index (χ4n) is 1.29. The Morgan fingerprint density at radius 3 is 2.24 bits per heavy atom. The maximum absolute atomic E-state index is 11.9. The SMILES string of the molecule is CSc1ccc(NC(=O)C(N)C(C)(C)C)cc1. The predicted molar refractivity (Wildman–Crippen MR) is 74.3 cm³/mol. The molecule has 17 heavy (non-hydrogen) atoms. The van der Waals surface area contributed by atoms with E-state index in [0.717, 1.165) is 5.69 Å². The van der Waals surface area contributed by atoms with Crippen LogP contribution in [-0.4, -0.2) is 18.2 Å². The number of thioether (sulfide) groups is 1. The van der Waals surface area contributed by atoms with Crippen molar-refractivity contribution in [1.29, 1.82) is 0 Å². The Balaban J connectivity index is 2.68. The molecule has 0 bridgehead atoms. The lowest BCUT2D eigenvalue weighted by Crippen LogP contribution is -2.45. The molecule has 0 aliphatic rings. The van der Waals surface area contributed by atoms with Crippen molar-refractivity contribution in [3.63, 3.8) is 0 Å². The topological polar surface area (TPSA) is 55.1 Å². The quantitative estimate of drug-likeness (QED) is 0.813. The van der Waals surface area contributed by atoms with Gasteiger partial charge in [0.1, 0.15) is 0 Å². The summed E-state index contributed by atoms with van der Waals surface area (Å²) < 4.78 is 0. The van der Waals surface area contributed by atoms with Gasteiger partial charge in [0.05, 0.1) is 6.04 Å². The number of anilines is 1. The zero-order chi connectivity index (χ0) is 13.1. The highest BCUT2D eigenvalue weighted by molar-refractivity contribution is 7.98. The van der Waals surface area contributed by atoms with Crippen molar-refractivity contribution in [1.82, 2.24) is 0 Å². The van der Waals surface area contributed by atoms with Crippen LogP contribution in [0.1, 0.15) is 20.8 Å². The molecule has 0 spiro atoms. The molecule has 0 fully saturated rings. The Morgan fingerprint density at radius 1 is 1.29 bits per heavy atom. The van der Waals surface area contributed by atoms with Crippen molar-refractivity contribution in [3.8, 4) is 0 Å². The van der Waals surface area contributed by atoms with E-state index in [1.54, 1.807) is 11.8 Å². The molecule has 1 rings (SSSR count). The minimum atomic E-state index is -0.511. The van der Waals surface area contributed by atoms with E-state index in [1.165, 1.54) is 4.90 Å². The molecule has 1 atom stereocenters. The number of benzene rings is 1. The summed E-state index contributed by atoms with van der Waals surface area (Å²) in [6.07, 6.45) is 2.02. The van der Waals surface area contributed by atoms with Crippen LogP contribution in [0.15, 0.2) is 29.2 Å². The van der Waals surface area contributed by atoms with Crippen LogP contribution in [0.2, 0.25) is 0 Å². The molecule has 1 unspecified atom stereocenters. The second kappa shape index (κ2) is 5.56. The third-order valence-electron chi connectivity index (χ3n) is 2.57. The van der Waals surface area contributed by atoms with Gasteiger partial charge in [0, 0.05) is 10.6 Å². The largest absolute Gasteiger partial charge is 0.325 e. The fourth-order valence-corrected chi connectivity index (χ4v) is 1.70. The summed E-state index contributed by atoms with van der Waals surface area (Å²) in [4.78, 5) is 13.0. The van der Waals surface area contributed by atoms with E-state index in [2.05, 4.69) is 5.32 Å². The third kappa shape index (κ3) is 4.06. The maximum Gasteiger partial charge on any atom is 0.241 e. The fraction of sp³-hybridized carbons (Fsp3) is 0.462. The van der Waals surface area contributed by atoms with Crippen LogP contribution in [0, 0.1) is 5.41 Å². The highest BCUT2D eigenvalue weighted by Gasteiger charge is 2.27. The molecule has 0 saturated carbocycles. The van der Waals surface area contributed by atoms with Crippen LogP contribution in [0.5, 0.6) is 0 Å². The molecule has 0 aliphatic heterocycles. The first kappa shape index (κ1) is 14.1. The van der Waals surface area contributed by atoms with Crippen molar-refractivity contribution < 1.29 is 4.79 Å². The van der Waals surface area contributed by atoms with E-state index < -0.39 is 6.04 Å². The average molecular weight is 252 g/mol. The van der Waals surface area contributed by atoms with Crippen molar-refractivity contribution in [2.75, 3.05) is 11.6 Å². The van der Waals surface area contributed by atoms with Crippen LogP contribution < -0.4 is 11.1 Å². The molecular formula is C13H20N2OS. The number of hydrogen-bond donors (Lipinski definition) is 2. The van der Waals surface area contributed by atoms with Gasteiger partial charge >= 0.3 is 0 Å². The van der Waals surface area contributed by atoms with Crippen LogP contribution in [0.25, 0.3) is 0 Å². The molecule has 0 saturated heterocycles. The minimum Gasteiger partial charge on any atom is -0.325 e. The standard InChI is InChI=1S/C13H20N2OS/c1-13(2,3)11(14)12(16)15-9-5-7-10(17-4)8-6-9/h5-8,11H,14H2,1-4H3,(H,15,16). The van der Waals surface area contributed by atoms with Gasteiger partial charge < -0.3 is 11.1 Å². The van der Waals surface area contributed by atoms with E-state index >= 15 is 0 Å². The maximum atomic E-state index is 11.9. The summed E-state index contributed by atoms with van der Waals surface area (Å²) in [5, 5.41) is 2.83. The zero-order valence-corrected chi connectivity index (χ0v) is 11.6. The first-order valence-corrected chi connectivity index (χ1v) is 6.77. The Labute approximate surface area is 107 Å². The Hall–Kier alpha value is -1.00. The minimum absolute atomic E-state index is 0.144. The van der Waals surface area contributed by atoms with Crippen molar-refractivity contribution in [3.05, 3.63) is 24.3 Å². The number of carbonyl (C=O) groups excluding carboxylic acids is 1. The summed E-state index contributed by atoms with van der Waals surface area (Å²) in [5.74, 6) is -0.144. The average Bonchev–Trinajstić information content (AvgIpc) is 2.27. The lowest BCUT2D eigenvalue weighted by atomic mass is 9.87. The Kier molecular flexibility index (Phi) is 4.60. The van der Waals surface area contributed by atoms with Crippen molar-refractivity contribution in [2.24, 2.45) is 11.1 Å². The number of hydrogen-bond acceptors (Lipinski definition) is 3. The molecule has 0 heterocycles. The smallest absolute Gasteiger partial charge is 0.241 e. The summed E-state index contributed by atoms with van der Waals surface area (Å²) in [6, 6.07) is 7.21. The van der Waals surface area contributed by atoms with Gasteiger partial charge in [-0.3, -0.25) is 4.79 Å². The Morgan fingerprint density at radius 2 is 1.82 bits per heavy atom. The number of amides is 1. The molecule has 1 aromatic rings. The summed E-state index contributed by atoms with van der Waals surface area (Å²) in [7, 11) is 0. The van der Waals surface area contributed by atoms with Crippen LogP contribution in [-0.2, 0) is 4.79 Å². The molecule has 1 amide bonds. The number of rotatable bonds is 3. The highest BCUT2D eigenvalue weighted by atomic mass is 32.2. The van der Waals surface area contributed by atoms with Gasteiger partial charge in [0.15, 0.2) is 0 Å². The molecule has 94 valence electrons. The number of nitrogens with two attached hydrogens (primary N) is 1. The van der Waals surface area contributed by atoms with Crippen molar-refractivity contribution >= 4 is 23.4 Å². The molecule has 1 aromatic carbocycles. The lowest BCUT2D eigenvalue weighted by Gasteiger charge is -2.25. The molecule has 0 aliphatic carbocycles. The number of carbonyl (C=O) groups is 1. The normalized spacial score (nSPS) is 13.2. The predicted octanol–water partition coefficient (Wildman–Crippen LogP) is 2.72. The third-order valence-corrected chi connectivity index (χ3v) is 3.32. The van der Waals surface area contributed by atoms with Gasteiger partial charge in [-0.05, 0) is 35.9 Å². The van der Waals surface area contributed by atoms with Crippen LogP contribution >= 0.6 is 11.8 Å². The Bertz CT molecular complexity index is 381. The molecule has 3 N–H and O–H groups in total. The van der Waals surface area contributed by atoms with E-state index in [-0.39, 0.29) is 11.3 Å². The highest BCUT2D eigenvalue weighted by Crippen LogP contribution is 2.20. The van der Waals surface area contributed by atoms with Gasteiger partial charge in [-0.15, -0.1) is 11.8 Å². The molecule has 3 nitrogen and oxygen atoms in total. The van der Waals surface area contributed by atoms with E-state index in [9.17, 15) is 4.79 Å². The van der Waals surface area contributed by atoms with Gasteiger partial charge in [-0.2, -0.15) is 0 Å². The monoisotopic (exact) mass is 252 g/mol. The van der Waals surface area contributed by atoms with Crippen LogP contribution in [0.3, 0.4) is 0 Å². The first-order valence-electron chi connectivity index (χ1n) is 5.55. The van der Waals surface area contributed by atoms with Gasteiger partial charge in [0.25, 0.3) is 0 Å². The summed E-state index contributed by atoms with van der Waals surface area (Å²) >= 11 is 1.67. The molecule has 0 radical (unpaired) electrons.